The van der Waals surface area contributed by atoms with Gasteiger partial charge in [-0.3, -0.25) is 0 Å². The predicted octanol–water partition coefficient (Wildman–Crippen LogP) is 4.37. The van der Waals surface area contributed by atoms with Crippen LogP contribution in [-0.4, -0.2) is 29.2 Å². The third-order valence-electron chi connectivity index (χ3n) is 3.44. The smallest absolute Gasteiger partial charge is 0.229 e. The Labute approximate surface area is 146 Å². The number of anilines is 3. The van der Waals surface area contributed by atoms with Gasteiger partial charge in [0.2, 0.25) is 5.95 Å². The molecule has 122 valence electrons. The van der Waals surface area contributed by atoms with Gasteiger partial charge in [0, 0.05) is 25.0 Å². The van der Waals surface area contributed by atoms with Crippen molar-refractivity contribution in [3.8, 4) is 0 Å². The van der Waals surface area contributed by atoms with E-state index in [1.54, 1.807) is 12.3 Å². The highest BCUT2D eigenvalue weighted by Crippen LogP contribution is 2.24. The van der Waals surface area contributed by atoms with Crippen LogP contribution in [0.1, 0.15) is 12.8 Å². The van der Waals surface area contributed by atoms with Crippen LogP contribution in [-0.2, 0) is 4.74 Å². The summed E-state index contributed by atoms with van der Waals surface area (Å²) in [6.07, 6.45) is 3.98. The number of rotatable bonds is 5. The van der Waals surface area contributed by atoms with Gasteiger partial charge in [0.05, 0.1) is 15.6 Å². The van der Waals surface area contributed by atoms with Crippen LogP contribution >= 0.6 is 27.5 Å². The number of halogens is 3. The van der Waals surface area contributed by atoms with Crippen molar-refractivity contribution < 1.29 is 9.13 Å². The van der Waals surface area contributed by atoms with Crippen LogP contribution in [0, 0.1) is 5.82 Å². The summed E-state index contributed by atoms with van der Waals surface area (Å²) < 4.78 is 19.8. The summed E-state index contributed by atoms with van der Waals surface area (Å²) in [4.78, 5) is 8.56. The van der Waals surface area contributed by atoms with E-state index in [4.69, 9.17) is 16.3 Å². The lowest BCUT2D eigenvalue weighted by Gasteiger charge is -2.13. The largest absolute Gasteiger partial charge is 0.376 e. The number of hydrogen-bond donors (Lipinski definition) is 2. The Hall–Kier alpha value is -1.44. The zero-order chi connectivity index (χ0) is 16.2. The monoisotopic (exact) mass is 400 g/mol. The van der Waals surface area contributed by atoms with Gasteiger partial charge in [0.15, 0.2) is 0 Å². The topological polar surface area (TPSA) is 59.1 Å². The van der Waals surface area contributed by atoms with Gasteiger partial charge in [-0.2, -0.15) is 4.98 Å². The van der Waals surface area contributed by atoms with Crippen molar-refractivity contribution in [1.82, 2.24) is 9.97 Å². The molecule has 0 aliphatic carbocycles. The highest BCUT2D eigenvalue weighted by molar-refractivity contribution is 9.10. The van der Waals surface area contributed by atoms with Crippen LogP contribution < -0.4 is 10.6 Å². The first-order chi connectivity index (χ1) is 11.1. The Balaban J connectivity index is 1.69. The fraction of sp³-hybridized carbons (Fsp3) is 0.333. The molecule has 2 aromatic rings. The lowest BCUT2D eigenvalue weighted by molar-refractivity contribution is 0.120. The minimum absolute atomic E-state index is 0.0752. The third kappa shape index (κ3) is 4.31. The van der Waals surface area contributed by atoms with Gasteiger partial charge in [-0.15, -0.1) is 0 Å². The summed E-state index contributed by atoms with van der Waals surface area (Å²) in [6.45, 7) is 1.50. The molecule has 2 N–H and O–H groups in total. The summed E-state index contributed by atoms with van der Waals surface area (Å²) in [5.74, 6) is 0.530. The van der Waals surface area contributed by atoms with E-state index in [1.165, 1.54) is 12.1 Å². The third-order valence-corrected chi connectivity index (χ3v) is 4.33. The number of ether oxygens (including phenoxy) is 1. The van der Waals surface area contributed by atoms with Crippen LogP contribution in [0.25, 0.3) is 0 Å². The molecule has 0 amide bonds. The van der Waals surface area contributed by atoms with Crippen molar-refractivity contribution in [3.05, 3.63) is 39.7 Å². The Morgan fingerprint density at radius 1 is 1.43 bits per heavy atom. The molecule has 1 aliphatic heterocycles. The van der Waals surface area contributed by atoms with E-state index >= 15 is 0 Å². The summed E-state index contributed by atoms with van der Waals surface area (Å²) in [5.41, 5.74) is 0.527. The first-order valence-electron chi connectivity index (χ1n) is 7.22. The lowest BCUT2D eigenvalue weighted by atomic mass is 10.2. The Bertz CT molecular complexity index is 697. The molecule has 0 saturated carbocycles. The first-order valence-corrected chi connectivity index (χ1v) is 8.39. The van der Waals surface area contributed by atoms with Gasteiger partial charge < -0.3 is 15.4 Å². The van der Waals surface area contributed by atoms with Crippen molar-refractivity contribution in [2.75, 3.05) is 23.8 Å². The average molecular weight is 402 g/mol. The summed E-state index contributed by atoms with van der Waals surface area (Å²) in [5, 5.41) is 6.27. The normalized spacial score (nSPS) is 17.3. The highest BCUT2D eigenvalue weighted by Gasteiger charge is 2.16. The molecule has 1 fully saturated rings. The minimum atomic E-state index is -0.495. The van der Waals surface area contributed by atoms with Gasteiger partial charge in [-0.05, 0) is 47.0 Å². The van der Waals surface area contributed by atoms with Crippen LogP contribution in [0.2, 0.25) is 5.02 Å². The van der Waals surface area contributed by atoms with Gasteiger partial charge in [0.1, 0.15) is 11.6 Å². The van der Waals surface area contributed by atoms with E-state index in [0.29, 0.717) is 24.0 Å². The molecule has 2 heterocycles. The summed E-state index contributed by atoms with van der Waals surface area (Å²) in [7, 11) is 0. The summed E-state index contributed by atoms with van der Waals surface area (Å²) >= 11 is 9.08. The van der Waals surface area contributed by atoms with Crippen LogP contribution in [0.4, 0.5) is 21.8 Å². The van der Waals surface area contributed by atoms with Crippen LogP contribution in [0.5, 0.6) is 0 Å². The Morgan fingerprint density at radius 2 is 2.30 bits per heavy atom. The quantitative estimate of drug-likeness (QED) is 0.779. The fourth-order valence-corrected chi connectivity index (χ4v) is 2.72. The zero-order valence-corrected chi connectivity index (χ0v) is 14.5. The molecule has 0 spiro atoms. The molecule has 1 aromatic heterocycles. The van der Waals surface area contributed by atoms with Gasteiger partial charge in [0.25, 0.3) is 0 Å². The molecular weight excluding hydrogens is 387 g/mol. The standard InChI is InChI=1S/C15H15BrClFN4O/c16-11-8-20-15(21-9-3-4-12(17)13(18)6-9)22-14(11)19-7-10-2-1-5-23-10/h3-4,6,8,10H,1-2,5,7H2,(H2,19,20,21,22). The molecular formula is C15H15BrClFN4O. The number of nitrogens with one attached hydrogen (secondary N) is 2. The van der Waals surface area contributed by atoms with Gasteiger partial charge >= 0.3 is 0 Å². The van der Waals surface area contributed by atoms with E-state index in [-0.39, 0.29) is 11.1 Å². The van der Waals surface area contributed by atoms with E-state index in [1.807, 2.05) is 0 Å². The van der Waals surface area contributed by atoms with Crippen molar-refractivity contribution >= 4 is 45.0 Å². The molecule has 5 nitrogen and oxygen atoms in total. The molecule has 8 heteroatoms. The predicted molar refractivity (Wildman–Crippen MR) is 91.9 cm³/mol. The SMILES string of the molecule is Fc1cc(Nc2ncc(Br)c(NCC3CCCO3)n2)ccc1Cl. The fourth-order valence-electron chi connectivity index (χ4n) is 2.27. The van der Waals surface area contributed by atoms with Crippen LogP contribution in [0.15, 0.2) is 28.9 Å². The molecule has 3 rings (SSSR count). The molecule has 23 heavy (non-hydrogen) atoms. The Morgan fingerprint density at radius 3 is 3.04 bits per heavy atom. The minimum Gasteiger partial charge on any atom is -0.376 e. The Kier molecular flexibility index (Phi) is 5.30. The number of hydrogen-bond acceptors (Lipinski definition) is 5. The van der Waals surface area contributed by atoms with Crippen molar-refractivity contribution in [1.29, 1.82) is 0 Å². The van der Waals surface area contributed by atoms with Crippen molar-refractivity contribution in [3.63, 3.8) is 0 Å². The first kappa shape index (κ1) is 16.4. The van der Waals surface area contributed by atoms with Gasteiger partial charge in [-0.1, -0.05) is 11.6 Å². The second kappa shape index (κ2) is 7.42. The number of aromatic nitrogens is 2. The summed E-state index contributed by atoms with van der Waals surface area (Å²) in [6, 6.07) is 4.44. The second-order valence-electron chi connectivity index (χ2n) is 5.16. The lowest BCUT2D eigenvalue weighted by Crippen LogP contribution is -2.19. The van der Waals surface area contributed by atoms with Crippen molar-refractivity contribution in [2.45, 2.75) is 18.9 Å². The van der Waals surface area contributed by atoms with E-state index in [2.05, 4.69) is 36.5 Å². The van der Waals surface area contributed by atoms with Gasteiger partial charge in [-0.25, -0.2) is 9.37 Å². The van der Waals surface area contributed by atoms with E-state index in [9.17, 15) is 4.39 Å². The van der Waals surface area contributed by atoms with E-state index in [0.717, 1.165) is 23.9 Å². The number of benzene rings is 1. The number of nitrogens with zero attached hydrogens (tertiary/aromatic N) is 2. The molecule has 1 aromatic carbocycles. The molecule has 1 atom stereocenters. The molecule has 0 bridgehead atoms. The van der Waals surface area contributed by atoms with Crippen LogP contribution in [0.3, 0.4) is 0 Å². The molecule has 1 unspecified atom stereocenters. The molecule has 1 saturated heterocycles. The maximum absolute atomic E-state index is 13.5. The molecule has 1 aliphatic rings. The maximum Gasteiger partial charge on any atom is 0.229 e. The van der Waals surface area contributed by atoms with E-state index < -0.39 is 5.82 Å². The average Bonchev–Trinajstić information content (AvgIpc) is 3.05. The zero-order valence-electron chi connectivity index (χ0n) is 12.2. The molecule has 0 radical (unpaired) electrons. The second-order valence-corrected chi connectivity index (χ2v) is 6.42. The van der Waals surface area contributed by atoms with Crippen molar-refractivity contribution in [2.24, 2.45) is 0 Å². The highest BCUT2D eigenvalue weighted by atomic mass is 79.9. The maximum atomic E-state index is 13.5.